The Bertz CT molecular complexity index is 1310. The van der Waals surface area contributed by atoms with Crippen molar-refractivity contribution in [2.75, 3.05) is 11.1 Å². The van der Waals surface area contributed by atoms with Gasteiger partial charge in [-0.2, -0.15) is 43.9 Å². The Labute approximate surface area is 203 Å². The molecular formula is C18H10F10N2O5S2. The number of carbonyl (C=O) groups is 1. The number of sulfone groups is 1. The Kier molecular flexibility index (Phi) is 8.14. The van der Waals surface area contributed by atoms with E-state index in [1.807, 2.05) is 5.32 Å². The van der Waals surface area contributed by atoms with Gasteiger partial charge in [0.15, 0.2) is 9.84 Å². The second-order valence-electron chi connectivity index (χ2n) is 6.96. The van der Waals surface area contributed by atoms with E-state index in [0.717, 1.165) is 12.1 Å². The third-order valence-electron chi connectivity index (χ3n) is 4.22. The van der Waals surface area contributed by atoms with Crippen LogP contribution in [0.4, 0.5) is 55.3 Å². The minimum Gasteiger partial charge on any atom is -0.325 e. The van der Waals surface area contributed by atoms with Crippen molar-refractivity contribution in [2.45, 2.75) is 33.3 Å². The number of benzene rings is 2. The third-order valence-corrected chi connectivity index (χ3v) is 6.88. The van der Waals surface area contributed by atoms with Gasteiger partial charge in [0, 0.05) is 16.6 Å². The van der Waals surface area contributed by atoms with E-state index in [2.05, 4.69) is 0 Å². The van der Waals surface area contributed by atoms with Crippen LogP contribution in [0.15, 0.2) is 52.3 Å². The first-order valence-corrected chi connectivity index (χ1v) is 11.5. The lowest BCUT2D eigenvalue weighted by Crippen LogP contribution is -2.49. The third kappa shape index (κ3) is 6.82. The van der Waals surface area contributed by atoms with Crippen LogP contribution in [0.1, 0.15) is 5.56 Å². The Hall–Kier alpha value is -3.09. The highest BCUT2D eigenvalue weighted by atomic mass is 32.2. The molecule has 0 spiro atoms. The molecule has 0 bridgehead atoms. The molecule has 1 N–H and O–H groups in total. The van der Waals surface area contributed by atoms with E-state index in [-0.39, 0.29) is 18.2 Å². The van der Waals surface area contributed by atoms with E-state index in [4.69, 9.17) is 0 Å². The number of alkyl halides is 10. The standard InChI is InChI=1S/C18H10F10N2O5S2/c19-15(20,21)9-4-5-13(12(6-9)30(32)33)37(34,35)8-14(31)29-10-2-1-3-11(7-10)36-18(27,28)16(22,23)17(24,25)26/h1-7H,8H2,(H,29,31). The number of hydrogen-bond acceptors (Lipinski definition) is 6. The van der Waals surface area contributed by atoms with Crippen LogP contribution in [0.25, 0.3) is 0 Å². The van der Waals surface area contributed by atoms with Gasteiger partial charge in [-0.1, -0.05) is 6.07 Å². The average Bonchev–Trinajstić information content (AvgIpc) is 2.71. The molecule has 0 aliphatic rings. The minimum absolute atomic E-state index is 0.0671. The van der Waals surface area contributed by atoms with Crippen molar-refractivity contribution in [3.63, 3.8) is 0 Å². The number of halogens is 10. The molecule has 0 fully saturated rings. The molecule has 204 valence electrons. The van der Waals surface area contributed by atoms with E-state index in [0.29, 0.717) is 12.1 Å². The summed E-state index contributed by atoms with van der Waals surface area (Å²) in [4.78, 5) is 19.6. The largest absolute Gasteiger partial charge is 0.460 e. The maximum atomic E-state index is 13.6. The van der Waals surface area contributed by atoms with Gasteiger partial charge in [-0.05, 0) is 42.1 Å². The van der Waals surface area contributed by atoms with Crippen molar-refractivity contribution in [3.05, 3.63) is 58.1 Å². The molecular weight excluding hydrogens is 578 g/mol. The minimum atomic E-state index is -6.59. The topological polar surface area (TPSA) is 106 Å². The molecule has 0 aliphatic carbocycles. The number of hydrogen-bond donors (Lipinski definition) is 1. The van der Waals surface area contributed by atoms with Crippen LogP contribution in [0.5, 0.6) is 0 Å². The van der Waals surface area contributed by atoms with Gasteiger partial charge in [-0.15, -0.1) is 0 Å². The molecule has 0 saturated heterocycles. The monoisotopic (exact) mass is 588 g/mol. The second kappa shape index (κ2) is 9.99. The number of nitro benzene ring substituents is 1. The first kappa shape index (κ1) is 30.1. The fraction of sp³-hybridized carbons (Fsp3) is 0.278. The number of nitrogens with one attached hydrogen (secondary N) is 1. The Morgan fingerprint density at radius 3 is 2.05 bits per heavy atom. The lowest BCUT2D eigenvalue weighted by atomic mass is 10.2. The average molecular weight is 588 g/mol. The Morgan fingerprint density at radius 1 is 0.946 bits per heavy atom. The van der Waals surface area contributed by atoms with Crippen molar-refractivity contribution in [2.24, 2.45) is 0 Å². The SMILES string of the molecule is O=C(CS(=O)(=O)c1ccc(C(F)(F)F)cc1[N+](=O)[O-])Nc1cccc(SC(F)(F)C(F)(F)C(F)(F)F)c1. The van der Waals surface area contributed by atoms with Crippen molar-refractivity contribution < 1.29 is 62.0 Å². The summed E-state index contributed by atoms with van der Waals surface area (Å²) in [7, 11) is -4.96. The summed E-state index contributed by atoms with van der Waals surface area (Å²) < 4.78 is 153. The molecule has 19 heteroatoms. The van der Waals surface area contributed by atoms with Crippen LogP contribution in [0.3, 0.4) is 0 Å². The van der Waals surface area contributed by atoms with Gasteiger partial charge in [0.25, 0.3) is 5.69 Å². The van der Waals surface area contributed by atoms with Crippen LogP contribution in [-0.2, 0) is 20.8 Å². The summed E-state index contributed by atoms with van der Waals surface area (Å²) in [5.74, 6) is -9.53. The first-order chi connectivity index (χ1) is 16.6. The number of nitrogens with zero attached hydrogens (tertiary/aromatic N) is 1. The lowest BCUT2D eigenvalue weighted by molar-refractivity contribution is -0.388. The number of rotatable bonds is 8. The highest BCUT2D eigenvalue weighted by Gasteiger charge is 2.73. The normalized spacial score (nSPS) is 13.4. The van der Waals surface area contributed by atoms with Gasteiger partial charge < -0.3 is 5.32 Å². The summed E-state index contributed by atoms with van der Waals surface area (Å²) in [6.45, 7) is 0. The van der Waals surface area contributed by atoms with E-state index in [1.165, 1.54) is 0 Å². The molecule has 2 aromatic carbocycles. The molecule has 0 atom stereocenters. The number of thioether (sulfide) groups is 1. The molecule has 7 nitrogen and oxygen atoms in total. The zero-order valence-corrected chi connectivity index (χ0v) is 19.0. The van der Waals surface area contributed by atoms with Crippen LogP contribution in [0.2, 0.25) is 0 Å². The predicted octanol–water partition coefficient (Wildman–Crippen LogP) is 5.91. The van der Waals surface area contributed by atoms with Gasteiger partial charge in [-0.3, -0.25) is 14.9 Å². The molecule has 0 aliphatic heterocycles. The summed E-state index contributed by atoms with van der Waals surface area (Å²) in [5, 5.41) is 7.22. The fourth-order valence-corrected chi connectivity index (χ4v) is 4.73. The molecule has 0 radical (unpaired) electrons. The number of carbonyl (C=O) groups excluding carboxylic acids is 1. The Balaban J connectivity index is 2.26. The number of amides is 1. The fourth-order valence-electron chi connectivity index (χ4n) is 2.56. The molecule has 0 heterocycles. The van der Waals surface area contributed by atoms with Crippen LogP contribution in [0, 0.1) is 10.1 Å². The summed E-state index contributed by atoms with van der Waals surface area (Å²) in [6.07, 6.45) is -11.7. The second-order valence-corrected chi connectivity index (χ2v) is 10.1. The van der Waals surface area contributed by atoms with Crippen molar-refractivity contribution in [1.82, 2.24) is 0 Å². The maximum Gasteiger partial charge on any atom is 0.460 e. The zero-order chi connectivity index (χ0) is 28.6. The van der Waals surface area contributed by atoms with Crippen LogP contribution < -0.4 is 5.32 Å². The van der Waals surface area contributed by atoms with Crippen molar-refractivity contribution in [1.29, 1.82) is 0 Å². The van der Waals surface area contributed by atoms with E-state index in [1.54, 1.807) is 0 Å². The predicted molar refractivity (Wildman–Crippen MR) is 107 cm³/mol. The number of anilines is 1. The molecule has 37 heavy (non-hydrogen) atoms. The lowest BCUT2D eigenvalue weighted by Gasteiger charge is -2.27. The van der Waals surface area contributed by atoms with E-state index in [9.17, 15) is 67.2 Å². The van der Waals surface area contributed by atoms with Gasteiger partial charge >= 0.3 is 23.5 Å². The van der Waals surface area contributed by atoms with Crippen molar-refractivity contribution >= 4 is 38.9 Å². The smallest absolute Gasteiger partial charge is 0.325 e. The quantitative estimate of drug-likeness (QED) is 0.178. The summed E-state index contributed by atoms with van der Waals surface area (Å²) >= 11 is -1.20. The molecule has 2 rings (SSSR count). The highest BCUT2D eigenvalue weighted by molar-refractivity contribution is 8.00. The van der Waals surface area contributed by atoms with Crippen LogP contribution in [-0.4, -0.2) is 42.4 Å². The Morgan fingerprint density at radius 2 is 1.54 bits per heavy atom. The summed E-state index contributed by atoms with van der Waals surface area (Å²) in [5.41, 5.74) is -3.59. The van der Waals surface area contributed by atoms with Gasteiger partial charge in [0.2, 0.25) is 5.91 Å². The van der Waals surface area contributed by atoms with E-state index < -0.39 is 88.4 Å². The van der Waals surface area contributed by atoms with Gasteiger partial charge in [-0.25, -0.2) is 8.42 Å². The van der Waals surface area contributed by atoms with E-state index >= 15 is 0 Å². The summed E-state index contributed by atoms with van der Waals surface area (Å²) in [6, 6.07) is 3.35. The van der Waals surface area contributed by atoms with Crippen molar-refractivity contribution in [3.8, 4) is 0 Å². The van der Waals surface area contributed by atoms with Gasteiger partial charge in [0.05, 0.1) is 10.5 Å². The molecule has 0 unspecified atom stereocenters. The zero-order valence-electron chi connectivity index (χ0n) is 17.3. The highest BCUT2D eigenvalue weighted by Crippen LogP contribution is 2.54. The first-order valence-electron chi connectivity index (χ1n) is 9.08. The van der Waals surface area contributed by atoms with Gasteiger partial charge in [0.1, 0.15) is 10.6 Å². The van der Waals surface area contributed by atoms with Crippen LogP contribution >= 0.6 is 11.8 Å². The molecule has 0 saturated carbocycles. The maximum absolute atomic E-state index is 13.6. The number of nitro groups is 1. The molecule has 0 aromatic heterocycles. The molecule has 2 aromatic rings. The molecule has 1 amide bonds.